The normalized spacial score (nSPS) is 36.4. The Morgan fingerprint density at radius 3 is 2.83 bits per heavy atom. The number of ether oxygens (including phenoxy) is 1. The standard InChI is InChI=1S/C10H18O2/c1-3-4-9-5-8(7-12-2)6-10(9)11/h3-4,8-11H,5-7H2,1-2H3/b4-3+. The molecule has 0 aromatic heterocycles. The number of rotatable bonds is 3. The number of hydrogen-bond acceptors (Lipinski definition) is 2. The monoisotopic (exact) mass is 170 g/mol. The lowest BCUT2D eigenvalue weighted by atomic mass is 10.0. The lowest BCUT2D eigenvalue weighted by Crippen LogP contribution is -2.09. The molecule has 2 nitrogen and oxygen atoms in total. The van der Waals surface area contributed by atoms with Crippen LogP contribution in [0.1, 0.15) is 19.8 Å². The number of hydrogen-bond donors (Lipinski definition) is 1. The molecule has 0 bridgehead atoms. The summed E-state index contributed by atoms with van der Waals surface area (Å²) in [4.78, 5) is 0. The SMILES string of the molecule is C/C=C/C1CC(COC)CC1O. The zero-order valence-electron chi connectivity index (χ0n) is 7.86. The molecular formula is C10H18O2. The summed E-state index contributed by atoms with van der Waals surface area (Å²) in [5.41, 5.74) is 0. The predicted octanol–water partition coefficient (Wildman–Crippen LogP) is 1.60. The van der Waals surface area contributed by atoms with E-state index in [2.05, 4.69) is 6.08 Å². The van der Waals surface area contributed by atoms with Crippen molar-refractivity contribution in [2.45, 2.75) is 25.9 Å². The molecule has 1 fully saturated rings. The second-order valence-electron chi connectivity index (χ2n) is 3.55. The van der Waals surface area contributed by atoms with E-state index in [0.29, 0.717) is 11.8 Å². The summed E-state index contributed by atoms with van der Waals surface area (Å²) >= 11 is 0. The minimum absolute atomic E-state index is 0.152. The maximum atomic E-state index is 9.61. The first-order chi connectivity index (χ1) is 5.77. The van der Waals surface area contributed by atoms with E-state index in [9.17, 15) is 5.11 Å². The fourth-order valence-corrected chi connectivity index (χ4v) is 1.98. The molecule has 1 saturated carbocycles. The third-order valence-corrected chi connectivity index (χ3v) is 2.52. The smallest absolute Gasteiger partial charge is 0.0606 e. The van der Waals surface area contributed by atoms with Crippen molar-refractivity contribution in [3.8, 4) is 0 Å². The van der Waals surface area contributed by atoms with Crippen LogP contribution < -0.4 is 0 Å². The molecule has 12 heavy (non-hydrogen) atoms. The van der Waals surface area contributed by atoms with Crippen LogP contribution in [0.4, 0.5) is 0 Å². The second-order valence-corrected chi connectivity index (χ2v) is 3.55. The van der Waals surface area contributed by atoms with Crippen molar-refractivity contribution in [3.63, 3.8) is 0 Å². The minimum atomic E-state index is -0.152. The van der Waals surface area contributed by atoms with Gasteiger partial charge >= 0.3 is 0 Å². The second kappa shape index (κ2) is 4.63. The Morgan fingerprint density at radius 1 is 1.50 bits per heavy atom. The maximum Gasteiger partial charge on any atom is 0.0606 e. The largest absolute Gasteiger partial charge is 0.393 e. The van der Waals surface area contributed by atoms with E-state index in [0.717, 1.165) is 19.4 Å². The summed E-state index contributed by atoms with van der Waals surface area (Å²) in [6.07, 6.45) is 5.92. The van der Waals surface area contributed by atoms with E-state index in [1.54, 1.807) is 7.11 Å². The van der Waals surface area contributed by atoms with Crippen LogP contribution in [-0.4, -0.2) is 24.9 Å². The average Bonchev–Trinajstić information content (AvgIpc) is 2.34. The topological polar surface area (TPSA) is 29.5 Å². The fraction of sp³-hybridized carbons (Fsp3) is 0.800. The van der Waals surface area contributed by atoms with E-state index < -0.39 is 0 Å². The van der Waals surface area contributed by atoms with Crippen molar-refractivity contribution in [2.75, 3.05) is 13.7 Å². The van der Waals surface area contributed by atoms with Gasteiger partial charge in [0.15, 0.2) is 0 Å². The van der Waals surface area contributed by atoms with Crippen molar-refractivity contribution in [1.82, 2.24) is 0 Å². The molecule has 1 N–H and O–H groups in total. The van der Waals surface area contributed by atoms with Crippen LogP contribution in [0.2, 0.25) is 0 Å². The van der Waals surface area contributed by atoms with E-state index >= 15 is 0 Å². The molecule has 3 atom stereocenters. The first-order valence-corrected chi connectivity index (χ1v) is 4.57. The highest BCUT2D eigenvalue weighted by Gasteiger charge is 2.30. The van der Waals surface area contributed by atoms with Crippen molar-refractivity contribution in [3.05, 3.63) is 12.2 Å². The van der Waals surface area contributed by atoms with E-state index in [4.69, 9.17) is 4.74 Å². The molecule has 0 aromatic carbocycles. The zero-order valence-corrected chi connectivity index (χ0v) is 7.86. The molecule has 0 heterocycles. The van der Waals surface area contributed by atoms with E-state index in [1.807, 2.05) is 13.0 Å². The highest BCUT2D eigenvalue weighted by Crippen LogP contribution is 2.32. The summed E-state index contributed by atoms with van der Waals surface area (Å²) in [5.74, 6) is 0.904. The van der Waals surface area contributed by atoms with Crippen LogP contribution >= 0.6 is 0 Å². The van der Waals surface area contributed by atoms with Crippen LogP contribution in [0.3, 0.4) is 0 Å². The fourth-order valence-electron chi connectivity index (χ4n) is 1.98. The third kappa shape index (κ3) is 2.32. The number of allylic oxidation sites excluding steroid dienone is 1. The highest BCUT2D eigenvalue weighted by atomic mass is 16.5. The van der Waals surface area contributed by atoms with Crippen LogP contribution in [-0.2, 0) is 4.74 Å². The zero-order chi connectivity index (χ0) is 8.97. The summed E-state index contributed by atoms with van der Waals surface area (Å²) in [6.45, 7) is 2.78. The molecule has 0 radical (unpaired) electrons. The van der Waals surface area contributed by atoms with Crippen molar-refractivity contribution in [2.24, 2.45) is 11.8 Å². The van der Waals surface area contributed by atoms with E-state index in [-0.39, 0.29) is 6.10 Å². The molecule has 70 valence electrons. The van der Waals surface area contributed by atoms with Gasteiger partial charge in [0.1, 0.15) is 0 Å². The number of aliphatic hydroxyl groups excluding tert-OH is 1. The van der Waals surface area contributed by atoms with Gasteiger partial charge in [-0.3, -0.25) is 0 Å². The van der Waals surface area contributed by atoms with Crippen LogP contribution in [0.15, 0.2) is 12.2 Å². The maximum absolute atomic E-state index is 9.61. The predicted molar refractivity (Wildman–Crippen MR) is 48.9 cm³/mol. The first kappa shape index (κ1) is 9.75. The van der Waals surface area contributed by atoms with Gasteiger partial charge in [-0.15, -0.1) is 0 Å². The molecule has 0 amide bonds. The van der Waals surface area contributed by atoms with Crippen molar-refractivity contribution in [1.29, 1.82) is 0 Å². The highest BCUT2D eigenvalue weighted by molar-refractivity contribution is 4.96. The molecule has 0 spiro atoms. The van der Waals surface area contributed by atoms with Gasteiger partial charge in [-0.05, 0) is 25.7 Å². The van der Waals surface area contributed by atoms with Gasteiger partial charge in [0.25, 0.3) is 0 Å². The summed E-state index contributed by atoms with van der Waals surface area (Å²) < 4.78 is 5.07. The summed E-state index contributed by atoms with van der Waals surface area (Å²) in [6, 6.07) is 0. The Hall–Kier alpha value is -0.340. The van der Waals surface area contributed by atoms with Gasteiger partial charge in [-0.2, -0.15) is 0 Å². The van der Waals surface area contributed by atoms with Gasteiger partial charge in [0.05, 0.1) is 6.10 Å². The lowest BCUT2D eigenvalue weighted by Gasteiger charge is -2.07. The Kier molecular flexibility index (Phi) is 3.76. The Balaban J connectivity index is 2.39. The molecule has 1 aliphatic rings. The van der Waals surface area contributed by atoms with Gasteiger partial charge < -0.3 is 9.84 Å². The number of methoxy groups -OCH3 is 1. The molecule has 3 unspecified atom stereocenters. The van der Waals surface area contributed by atoms with Crippen molar-refractivity contribution < 1.29 is 9.84 Å². The molecule has 1 aliphatic carbocycles. The van der Waals surface area contributed by atoms with Crippen LogP contribution in [0.5, 0.6) is 0 Å². The molecular weight excluding hydrogens is 152 g/mol. The molecule has 0 saturated heterocycles. The summed E-state index contributed by atoms with van der Waals surface area (Å²) in [5, 5.41) is 9.61. The van der Waals surface area contributed by atoms with Gasteiger partial charge in [-0.25, -0.2) is 0 Å². The van der Waals surface area contributed by atoms with Gasteiger partial charge in [0, 0.05) is 19.6 Å². The van der Waals surface area contributed by atoms with Gasteiger partial charge in [-0.1, -0.05) is 12.2 Å². The average molecular weight is 170 g/mol. The Morgan fingerprint density at radius 2 is 2.25 bits per heavy atom. The first-order valence-electron chi connectivity index (χ1n) is 4.57. The molecule has 2 heteroatoms. The summed E-state index contributed by atoms with van der Waals surface area (Å²) in [7, 11) is 1.72. The Labute approximate surface area is 74.2 Å². The number of aliphatic hydroxyl groups is 1. The molecule has 0 aromatic rings. The molecule has 0 aliphatic heterocycles. The van der Waals surface area contributed by atoms with Crippen LogP contribution in [0.25, 0.3) is 0 Å². The Bertz CT molecular complexity index is 154. The lowest BCUT2D eigenvalue weighted by molar-refractivity contribution is 0.129. The van der Waals surface area contributed by atoms with E-state index in [1.165, 1.54) is 0 Å². The van der Waals surface area contributed by atoms with Crippen molar-refractivity contribution >= 4 is 0 Å². The third-order valence-electron chi connectivity index (χ3n) is 2.52. The molecule has 1 rings (SSSR count). The minimum Gasteiger partial charge on any atom is -0.393 e. The van der Waals surface area contributed by atoms with Crippen LogP contribution in [0, 0.1) is 11.8 Å². The quantitative estimate of drug-likeness (QED) is 0.652. The van der Waals surface area contributed by atoms with Gasteiger partial charge in [0.2, 0.25) is 0 Å².